The summed E-state index contributed by atoms with van der Waals surface area (Å²) in [5, 5.41) is 2.62. The molecule has 0 fully saturated rings. The third-order valence-corrected chi connectivity index (χ3v) is 5.88. The summed E-state index contributed by atoms with van der Waals surface area (Å²) in [5.74, 6) is 0.562. The fourth-order valence-electron chi connectivity index (χ4n) is 2.89. The van der Waals surface area contributed by atoms with E-state index in [1.807, 2.05) is 37.3 Å². The van der Waals surface area contributed by atoms with Crippen molar-refractivity contribution in [2.75, 3.05) is 19.1 Å². The molecule has 2 N–H and O–H groups in total. The van der Waals surface area contributed by atoms with Gasteiger partial charge in [-0.25, -0.2) is 13.1 Å². The molecule has 7 nitrogen and oxygen atoms in total. The second kappa shape index (κ2) is 9.07. The predicted octanol–water partition coefficient (Wildman–Crippen LogP) is 2.09. The van der Waals surface area contributed by atoms with E-state index in [4.69, 9.17) is 9.47 Å². The van der Waals surface area contributed by atoms with E-state index in [-0.39, 0.29) is 31.0 Å². The summed E-state index contributed by atoms with van der Waals surface area (Å²) in [4.78, 5) is 12.2. The number of nitrogens with one attached hydrogen (secondary N) is 2. The van der Waals surface area contributed by atoms with Crippen molar-refractivity contribution in [2.45, 2.75) is 25.8 Å². The van der Waals surface area contributed by atoms with E-state index in [1.54, 1.807) is 18.2 Å². The number of carbonyl (C=O) groups is 1. The normalized spacial score (nSPS) is 13.9. The zero-order chi connectivity index (χ0) is 20.0. The molecule has 8 heteroatoms. The molecule has 0 saturated heterocycles. The van der Waals surface area contributed by atoms with Crippen molar-refractivity contribution in [3.8, 4) is 11.5 Å². The summed E-state index contributed by atoms with van der Waals surface area (Å²) in [7, 11) is -3.48. The summed E-state index contributed by atoms with van der Waals surface area (Å²) < 4.78 is 37.5. The van der Waals surface area contributed by atoms with Crippen LogP contribution >= 0.6 is 0 Å². The van der Waals surface area contributed by atoms with Crippen LogP contribution in [0.4, 0.5) is 0 Å². The van der Waals surface area contributed by atoms with E-state index in [2.05, 4.69) is 10.0 Å². The van der Waals surface area contributed by atoms with Gasteiger partial charge in [0.15, 0.2) is 11.5 Å². The molecule has 0 bridgehead atoms. The van der Waals surface area contributed by atoms with Crippen molar-refractivity contribution >= 4 is 15.9 Å². The van der Waals surface area contributed by atoms with Gasteiger partial charge in [0, 0.05) is 18.2 Å². The lowest BCUT2D eigenvalue weighted by molar-refractivity contribution is 0.0955. The Morgan fingerprint density at radius 1 is 1.11 bits per heavy atom. The third-order valence-electron chi connectivity index (χ3n) is 4.38. The second-order valence-corrected chi connectivity index (χ2v) is 8.56. The van der Waals surface area contributed by atoms with Crippen LogP contribution in [0.15, 0.2) is 48.5 Å². The molecule has 0 spiro atoms. The summed E-state index contributed by atoms with van der Waals surface area (Å²) in [6, 6.07) is 14.6. The average molecular weight is 404 g/mol. The van der Waals surface area contributed by atoms with Crippen molar-refractivity contribution in [3.05, 3.63) is 59.7 Å². The van der Waals surface area contributed by atoms with Crippen LogP contribution in [0.3, 0.4) is 0 Å². The van der Waals surface area contributed by atoms with Gasteiger partial charge in [-0.3, -0.25) is 4.79 Å². The highest BCUT2D eigenvalue weighted by Gasteiger charge is 2.18. The summed E-state index contributed by atoms with van der Waals surface area (Å²) in [5.41, 5.74) is 1.57. The second-order valence-electron chi connectivity index (χ2n) is 6.69. The highest BCUT2D eigenvalue weighted by atomic mass is 32.2. The Kier molecular flexibility index (Phi) is 6.53. The minimum absolute atomic E-state index is 0.0218. The Balaban J connectivity index is 1.42. The van der Waals surface area contributed by atoms with Crippen molar-refractivity contribution in [2.24, 2.45) is 0 Å². The van der Waals surface area contributed by atoms with E-state index in [0.29, 0.717) is 23.5 Å². The highest BCUT2D eigenvalue weighted by Crippen LogP contribution is 2.32. The Morgan fingerprint density at radius 3 is 2.64 bits per heavy atom. The molecule has 0 aliphatic carbocycles. The van der Waals surface area contributed by atoms with Gasteiger partial charge in [-0.15, -0.1) is 0 Å². The molecule has 1 heterocycles. The summed E-state index contributed by atoms with van der Waals surface area (Å²) >= 11 is 0. The first-order valence-corrected chi connectivity index (χ1v) is 10.8. The van der Waals surface area contributed by atoms with Crippen LogP contribution in [0.1, 0.15) is 29.3 Å². The molecule has 2 aromatic carbocycles. The van der Waals surface area contributed by atoms with Gasteiger partial charge in [-0.05, 0) is 43.5 Å². The molecule has 0 unspecified atom stereocenters. The maximum atomic E-state index is 12.2. The maximum Gasteiger partial charge on any atom is 0.251 e. The zero-order valence-corrected chi connectivity index (χ0v) is 16.5. The molecule has 0 saturated carbocycles. The average Bonchev–Trinajstić information content (AvgIpc) is 3.14. The largest absolute Gasteiger partial charge is 0.454 e. The molecule has 150 valence electrons. The first kappa shape index (κ1) is 20.2. The molecule has 1 aliphatic rings. The maximum absolute atomic E-state index is 12.2. The van der Waals surface area contributed by atoms with E-state index >= 15 is 0 Å². The van der Waals surface area contributed by atoms with Crippen molar-refractivity contribution < 1.29 is 22.7 Å². The Morgan fingerprint density at radius 2 is 1.86 bits per heavy atom. The van der Waals surface area contributed by atoms with Crippen molar-refractivity contribution in [3.63, 3.8) is 0 Å². The van der Waals surface area contributed by atoms with Crippen LogP contribution in [0, 0.1) is 0 Å². The van der Waals surface area contributed by atoms with Gasteiger partial charge >= 0.3 is 0 Å². The third kappa shape index (κ3) is 5.71. The van der Waals surface area contributed by atoms with Crippen LogP contribution in [0.25, 0.3) is 0 Å². The summed E-state index contributed by atoms with van der Waals surface area (Å²) in [6.45, 7) is 1.99. The lowest BCUT2D eigenvalue weighted by Gasteiger charge is -2.14. The van der Waals surface area contributed by atoms with Gasteiger partial charge in [0.25, 0.3) is 5.91 Å². The minimum atomic E-state index is -3.48. The van der Waals surface area contributed by atoms with Crippen LogP contribution < -0.4 is 19.5 Å². The van der Waals surface area contributed by atoms with Gasteiger partial charge in [0.2, 0.25) is 16.8 Å². The lowest BCUT2D eigenvalue weighted by Crippen LogP contribution is -2.38. The SMILES string of the molecule is C[C@@H](CCc1ccccc1)NS(=O)(=O)CCNC(=O)c1ccc2c(c1)OCO2. The topological polar surface area (TPSA) is 93.7 Å². The van der Waals surface area contributed by atoms with Crippen LogP contribution in [-0.2, 0) is 16.4 Å². The molecule has 3 rings (SSSR count). The van der Waals surface area contributed by atoms with Crippen LogP contribution in [0.2, 0.25) is 0 Å². The fraction of sp³-hybridized carbons (Fsp3) is 0.350. The number of amides is 1. The van der Waals surface area contributed by atoms with Crippen molar-refractivity contribution in [1.82, 2.24) is 10.0 Å². The quantitative estimate of drug-likeness (QED) is 0.667. The molecule has 1 atom stereocenters. The molecule has 28 heavy (non-hydrogen) atoms. The number of carbonyl (C=O) groups excluding carboxylic acids is 1. The Labute approximate surface area is 165 Å². The van der Waals surface area contributed by atoms with Crippen LogP contribution in [-0.4, -0.2) is 39.5 Å². The van der Waals surface area contributed by atoms with E-state index in [9.17, 15) is 13.2 Å². The van der Waals surface area contributed by atoms with Gasteiger partial charge < -0.3 is 14.8 Å². The van der Waals surface area contributed by atoms with E-state index in [0.717, 1.165) is 6.42 Å². The number of sulfonamides is 1. The molecule has 1 amide bonds. The number of benzene rings is 2. The number of hydrogen-bond donors (Lipinski definition) is 2. The molecule has 0 radical (unpaired) electrons. The highest BCUT2D eigenvalue weighted by molar-refractivity contribution is 7.89. The lowest BCUT2D eigenvalue weighted by atomic mass is 10.1. The molecule has 0 aromatic heterocycles. The van der Waals surface area contributed by atoms with Crippen LogP contribution in [0.5, 0.6) is 11.5 Å². The number of aryl methyl sites for hydroxylation is 1. The number of ether oxygens (including phenoxy) is 2. The number of hydrogen-bond acceptors (Lipinski definition) is 5. The van der Waals surface area contributed by atoms with Gasteiger partial charge in [0.1, 0.15) is 0 Å². The number of fused-ring (bicyclic) bond motifs is 1. The smallest absolute Gasteiger partial charge is 0.251 e. The van der Waals surface area contributed by atoms with E-state index < -0.39 is 10.0 Å². The standard InChI is InChI=1S/C20H24N2O5S/c1-15(7-8-16-5-3-2-4-6-16)22-28(24,25)12-11-21-20(23)17-9-10-18-19(13-17)27-14-26-18/h2-6,9-10,13,15,22H,7-8,11-12,14H2,1H3,(H,21,23)/t15-/m0/s1. The number of rotatable bonds is 9. The van der Waals surface area contributed by atoms with Gasteiger partial charge in [0.05, 0.1) is 5.75 Å². The first-order chi connectivity index (χ1) is 13.4. The molecular formula is C20H24N2O5S. The Bertz CT molecular complexity index is 915. The minimum Gasteiger partial charge on any atom is -0.454 e. The Hall–Kier alpha value is -2.58. The van der Waals surface area contributed by atoms with Crippen molar-refractivity contribution in [1.29, 1.82) is 0 Å². The van der Waals surface area contributed by atoms with E-state index in [1.165, 1.54) is 5.56 Å². The summed E-state index contributed by atoms with van der Waals surface area (Å²) in [6.07, 6.45) is 1.50. The first-order valence-electron chi connectivity index (χ1n) is 9.15. The fourth-order valence-corrected chi connectivity index (χ4v) is 4.11. The zero-order valence-electron chi connectivity index (χ0n) is 15.7. The molecule has 1 aliphatic heterocycles. The van der Waals surface area contributed by atoms with Gasteiger partial charge in [-0.2, -0.15) is 0 Å². The molecular weight excluding hydrogens is 380 g/mol. The molecule has 2 aromatic rings. The predicted molar refractivity (Wildman–Crippen MR) is 106 cm³/mol. The van der Waals surface area contributed by atoms with Gasteiger partial charge in [-0.1, -0.05) is 30.3 Å². The monoisotopic (exact) mass is 404 g/mol.